The van der Waals surface area contributed by atoms with E-state index in [0.717, 1.165) is 0 Å². The minimum absolute atomic E-state index is 0.690. The molecule has 0 spiro atoms. The Bertz CT molecular complexity index is 1240. The molecular weight excluding hydrogens is 664 g/mol. The van der Waals surface area contributed by atoms with E-state index in [4.69, 9.17) is 0 Å². The number of rotatable bonds is 9. The zero-order chi connectivity index (χ0) is 32.7. The van der Waals surface area contributed by atoms with Crippen LogP contribution in [0.3, 0.4) is 0 Å². The number of alkyl halides is 17. The Morgan fingerprint density at radius 1 is 0.400 bits per heavy atom. The van der Waals surface area contributed by atoms with Crippen molar-refractivity contribution in [1.82, 2.24) is 0 Å². The molecule has 0 saturated heterocycles. The fourth-order valence-electron chi connectivity index (χ4n) is 2.21. The Kier molecular flexibility index (Phi) is 8.17. The summed E-state index contributed by atoms with van der Waals surface area (Å²) in [7, 11) is -8.38. The summed E-state index contributed by atoms with van der Waals surface area (Å²) in [4.78, 5) is 0. The molecular formula is C14HF22NO2S. The van der Waals surface area contributed by atoms with E-state index in [1.165, 1.54) is 0 Å². The zero-order valence-corrected chi connectivity index (χ0v) is 17.9. The highest BCUT2D eigenvalue weighted by molar-refractivity contribution is 7.93. The molecule has 0 saturated carbocycles. The monoisotopic (exact) mass is 665 g/mol. The minimum atomic E-state index is -9.19. The first-order valence-electron chi connectivity index (χ1n) is 8.40. The first-order chi connectivity index (χ1) is 17.1. The third kappa shape index (κ3) is 4.34. The molecule has 0 aliphatic heterocycles. The number of benzene rings is 1. The highest BCUT2D eigenvalue weighted by Crippen LogP contribution is 2.64. The van der Waals surface area contributed by atoms with Crippen LogP contribution in [0.2, 0.25) is 0 Å². The fourth-order valence-corrected chi connectivity index (χ4v) is 3.25. The van der Waals surface area contributed by atoms with Crippen molar-refractivity contribution in [3.8, 4) is 0 Å². The average molecular weight is 665 g/mol. The van der Waals surface area contributed by atoms with Crippen molar-refractivity contribution in [2.24, 2.45) is 0 Å². The molecule has 0 aliphatic rings. The Balaban J connectivity index is 3.83. The number of hydrogen-bond acceptors (Lipinski definition) is 2. The largest absolute Gasteiger partial charge is 0.460 e. The maximum absolute atomic E-state index is 13.9. The molecule has 1 aromatic carbocycles. The zero-order valence-electron chi connectivity index (χ0n) is 17.0. The lowest BCUT2D eigenvalue weighted by Crippen LogP contribution is -2.75. The van der Waals surface area contributed by atoms with Gasteiger partial charge < -0.3 is 0 Å². The third-order valence-corrected chi connectivity index (χ3v) is 5.88. The minimum Gasteiger partial charge on any atom is -0.272 e. The number of sulfonamides is 1. The van der Waals surface area contributed by atoms with Crippen LogP contribution in [0.25, 0.3) is 0 Å². The topological polar surface area (TPSA) is 46.2 Å². The number of nitrogens with one attached hydrogen (secondary N) is 1. The molecule has 0 radical (unpaired) electrons. The second kappa shape index (κ2) is 9.22. The van der Waals surface area contributed by atoms with Crippen molar-refractivity contribution < 1.29 is 105 Å². The van der Waals surface area contributed by atoms with Crippen molar-refractivity contribution in [2.45, 2.75) is 47.0 Å². The summed E-state index contributed by atoms with van der Waals surface area (Å²) in [5.41, 5.74) is -3.33. The highest BCUT2D eigenvalue weighted by atomic mass is 32.2. The van der Waals surface area contributed by atoms with Crippen LogP contribution in [-0.4, -0.2) is 55.4 Å². The van der Waals surface area contributed by atoms with E-state index >= 15 is 0 Å². The Morgan fingerprint density at radius 3 is 0.950 bits per heavy atom. The quantitative estimate of drug-likeness (QED) is 0.174. The molecule has 0 unspecified atom stereocenters. The summed E-state index contributed by atoms with van der Waals surface area (Å²) in [6.07, 6.45) is -8.04. The van der Waals surface area contributed by atoms with E-state index < -0.39 is 96.5 Å². The Labute approximate surface area is 202 Å². The molecule has 26 heteroatoms. The van der Waals surface area contributed by atoms with Gasteiger partial charge in [0, 0.05) is 0 Å². The molecule has 0 fully saturated rings. The highest BCUT2D eigenvalue weighted by Gasteiger charge is 2.96. The van der Waals surface area contributed by atoms with E-state index in [1.54, 1.807) is 0 Å². The van der Waals surface area contributed by atoms with Crippen molar-refractivity contribution in [3.05, 3.63) is 29.1 Å². The lowest BCUT2D eigenvalue weighted by Gasteiger charge is -2.42. The molecule has 1 N–H and O–H groups in total. The van der Waals surface area contributed by atoms with Gasteiger partial charge in [-0.15, -0.1) is 0 Å². The average Bonchev–Trinajstić information content (AvgIpc) is 2.77. The van der Waals surface area contributed by atoms with Crippen LogP contribution in [-0.2, 0) is 10.0 Å². The summed E-state index contributed by atoms with van der Waals surface area (Å²) in [5.74, 6) is -70.5. The van der Waals surface area contributed by atoms with E-state index in [-0.39, 0.29) is 0 Å². The summed E-state index contributed by atoms with van der Waals surface area (Å²) < 4.78 is 312. The van der Waals surface area contributed by atoms with Gasteiger partial charge in [0.05, 0.1) is 0 Å². The van der Waals surface area contributed by atoms with E-state index in [0.29, 0.717) is 0 Å². The van der Waals surface area contributed by atoms with E-state index in [9.17, 15) is 105 Å². The Morgan fingerprint density at radius 2 is 0.650 bits per heavy atom. The van der Waals surface area contributed by atoms with Gasteiger partial charge in [-0.2, -0.15) is 83.1 Å². The fraction of sp³-hybridized carbons (Fsp3) is 0.571. The Hall–Kier alpha value is -2.57. The molecule has 0 aliphatic carbocycles. The number of halogens is 22. The van der Waals surface area contributed by atoms with Gasteiger partial charge >= 0.3 is 57.0 Å². The second-order valence-electron chi connectivity index (χ2n) is 7.01. The van der Waals surface area contributed by atoms with E-state index in [1.807, 2.05) is 0 Å². The van der Waals surface area contributed by atoms with Crippen LogP contribution >= 0.6 is 0 Å². The molecule has 1 aromatic rings. The lowest BCUT2D eigenvalue weighted by molar-refractivity contribution is -0.458. The first-order valence-corrected chi connectivity index (χ1v) is 9.88. The van der Waals surface area contributed by atoms with Gasteiger partial charge in [-0.25, -0.2) is 22.0 Å². The van der Waals surface area contributed by atoms with E-state index in [2.05, 4.69) is 0 Å². The van der Waals surface area contributed by atoms with Crippen LogP contribution in [0, 0.1) is 29.1 Å². The molecule has 0 aromatic heterocycles. The standard InChI is InChI=1S/C14HF22NO2S/c15-1-2(16)4(18)6(5(19)3(1)17)37-40(38,39)14(35,36)12(30,31)10(26,27)8(22,23)7(20,21)9(24,25)11(28,29)13(32,33)34/h37H. The van der Waals surface area contributed by atoms with Gasteiger partial charge in [-0.1, -0.05) is 0 Å². The molecule has 40 heavy (non-hydrogen) atoms. The third-order valence-electron chi connectivity index (χ3n) is 4.48. The number of anilines is 1. The van der Waals surface area contributed by atoms with Crippen molar-refractivity contribution in [3.63, 3.8) is 0 Å². The summed E-state index contributed by atoms with van der Waals surface area (Å²) in [6, 6.07) is 0. The second-order valence-corrected chi connectivity index (χ2v) is 8.74. The molecule has 0 atom stereocenters. The smallest absolute Gasteiger partial charge is 0.272 e. The normalized spacial score (nSPS) is 15.4. The van der Waals surface area contributed by atoms with Crippen LogP contribution in [0.1, 0.15) is 0 Å². The molecule has 1 rings (SSSR count). The van der Waals surface area contributed by atoms with Gasteiger partial charge in [0.1, 0.15) is 5.69 Å². The molecule has 3 nitrogen and oxygen atoms in total. The predicted octanol–water partition coefficient (Wildman–Crippen LogP) is 7.09. The van der Waals surface area contributed by atoms with Gasteiger partial charge in [-0.05, 0) is 0 Å². The van der Waals surface area contributed by atoms with Gasteiger partial charge in [0.2, 0.25) is 5.82 Å². The van der Waals surface area contributed by atoms with Crippen molar-refractivity contribution in [2.75, 3.05) is 4.72 Å². The lowest BCUT2D eigenvalue weighted by atomic mass is 9.91. The molecule has 0 heterocycles. The molecule has 234 valence electrons. The maximum Gasteiger partial charge on any atom is 0.460 e. The number of hydrogen-bond donors (Lipinski definition) is 1. The van der Waals surface area contributed by atoms with Crippen molar-refractivity contribution >= 4 is 15.7 Å². The summed E-state index contributed by atoms with van der Waals surface area (Å²) in [6.45, 7) is 0. The van der Waals surface area contributed by atoms with Crippen LogP contribution in [0.15, 0.2) is 0 Å². The SMILES string of the molecule is O=S(=O)(Nc1c(F)c(F)c(F)c(F)c1F)C(F)(F)C(F)(F)C(F)(F)C(F)(F)C(F)(F)C(F)(F)C(F)(F)C(F)(F)F. The maximum atomic E-state index is 13.9. The summed E-state index contributed by atoms with van der Waals surface area (Å²) in [5, 5.41) is -8.30. The molecule has 0 bridgehead atoms. The predicted molar refractivity (Wildman–Crippen MR) is 79.5 cm³/mol. The van der Waals surface area contributed by atoms with Crippen LogP contribution < -0.4 is 4.72 Å². The van der Waals surface area contributed by atoms with Gasteiger partial charge in [-0.3, -0.25) is 4.72 Å². The molecule has 0 amide bonds. The van der Waals surface area contributed by atoms with Gasteiger partial charge in [0.15, 0.2) is 23.3 Å². The first kappa shape index (κ1) is 35.5. The van der Waals surface area contributed by atoms with Crippen LogP contribution in [0.4, 0.5) is 102 Å². The van der Waals surface area contributed by atoms with Crippen LogP contribution in [0.5, 0.6) is 0 Å². The van der Waals surface area contributed by atoms with Gasteiger partial charge in [0.25, 0.3) is 0 Å². The summed E-state index contributed by atoms with van der Waals surface area (Å²) >= 11 is 0. The van der Waals surface area contributed by atoms with Crippen molar-refractivity contribution in [1.29, 1.82) is 0 Å².